The Balaban J connectivity index is 2.18. The molecule has 0 bridgehead atoms. The molecule has 0 amide bonds. The molecule has 0 atom stereocenters. The number of aromatic nitrogens is 1. The maximum absolute atomic E-state index is 6.04. The van der Waals surface area contributed by atoms with Crippen LogP contribution >= 0.6 is 0 Å². The average molecular weight is 317 g/mol. The molecule has 0 aliphatic heterocycles. The van der Waals surface area contributed by atoms with Crippen LogP contribution < -0.4 is 5.19 Å². The van der Waals surface area contributed by atoms with E-state index in [4.69, 9.17) is 9.40 Å². The van der Waals surface area contributed by atoms with E-state index < -0.39 is 8.07 Å². The third-order valence-corrected chi connectivity index (χ3v) is 6.20. The number of pyridine rings is 1. The van der Waals surface area contributed by atoms with E-state index in [0.29, 0.717) is 0 Å². The van der Waals surface area contributed by atoms with Gasteiger partial charge in [0.15, 0.2) is 5.58 Å². The van der Waals surface area contributed by atoms with Crippen molar-refractivity contribution in [2.45, 2.75) is 19.6 Å². The minimum atomic E-state index is -1.63. The van der Waals surface area contributed by atoms with E-state index in [9.17, 15) is 0 Å². The average Bonchev–Trinajstić information content (AvgIpc) is 2.92. The molecule has 2 aromatic carbocycles. The molecule has 4 aromatic rings. The second-order valence-corrected chi connectivity index (χ2v) is 11.9. The van der Waals surface area contributed by atoms with E-state index in [1.165, 1.54) is 21.5 Å². The van der Waals surface area contributed by atoms with Crippen LogP contribution in [0.2, 0.25) is 19.6 Å². The number of hydrogen-bond acceptors (Lipinski definition) is 2. The number of furan rings is 1. The van der Waals surface area contributed by atoms with Gasteiger partial charge in [0, 0.05) is 16.3 Å². The molecule has 23 heavy (non-hydrogen) atoms. The van der Waals surface area contributed by atoms with Gasteiger partial charge in [0.05, 0.1) is 20.0 Å². The highest BCUT2D eigenvalue weighted by molar-refractivity contribution is 6.91. The Morgan fingerprint density at radius 3 is 2.26 bits per heavy atom. The molecule has 2 aromatic heterocycles. The minimum absolute atomic E-state index is 0.892. The summed E-state index contributed by atoms with van der Waals surface area (Å²) >= 11 is 0. The van der Waals surface area contributed by atoms with Crippen molar-refractivity contribution in [2.75, 3.05) is 0 Å². The van der Waals surface area contributed by atoms with Crippen LogP contribution in [0.4, 0.5) is 0 Å². The predicted octanol–water partition coefficient (Wildman–Crippen LogP) is 5.19. The lowest BCUT2D eigenvalue weighted by atomic mass is 10.1. The third-order valence-electron chi connectivity index (χ3n) is 4.22. The molecule has 0 unspecified atom stereocenters. The van der Waals surface area contributed by atoms with Gasteiger partial charge in [0.2, 0.25) is 0 Å². The van der Waals surface area contributed by atoms with E-state index in [1.54, 1.807) is 0 Å². The van der Waals surface area contributed by atoms with E-state index in [-0.39, 0.29) is 0 Å². The summed E-state index contributed by atoms with van der Waals surface area (Å²) in [6.45, 7) is 7.12. The van der Waals surface area contributed by atoms with Crippen molar-refractivity contribution in [3.05, 3.63) is 60.8 Å². The molecule has 0 spiro atoms. The highest BCUT2D eigenvalue weighted by Crippen LogP contribution is 2.31. The van der Waals surface area contributed by atoms with E-state index in [2.05, 4.69) is 56.0 Å². The zero-order valence-electron chi connectivity index (χ0n) is 13.6. The van der Waals surface area contributed by atoms with Gasteiger partial charge in [-0.05, 0) is 11.3 Å². The molecule has 0 N–H and O–H groups in total. The van der Waals surface area contributed by atoms with E-state index in [0.717, 1.165) is 16.9 Å². The Labute approximate surface area is 136 Å². The van der Waals surface area contributed by atoms with Gasteiger partial charge < -0.3 is 4.42 Å². The molecule has 114 valence electrons. The van der Waals surface area contributed by atoms with Crippen molar-refractivity contribution in [2.24, 2.45) is 0 Å². The summed E-state index contributed by atoms with van der Waals surface area (Å²) in [6.07, 6.45) is 1.88. The molecule has 2 heterocycles. The lowest BCUT2D eigenvalue weighted by molar-refractivity contribution is 0.667. The van der Waals surface area contributed by atoms with Crippen molar-refractivity contribution in [1.29, 1.82) is 0 Å². The topological polar surface area (TPSA) is 26.0 Å². The molecule has 0 saturated heterocycles. The molecular formula is C20H19NOSi. The van der Waals surface area contributed by atoms with Gasteiger partial charge in [0.1, 0.15) is 5.58 Å². The molecule has 2 nitrogen and oxygen atoms in total. The summed E-state index contributed by atoms with van der Waals surface area (Å²) in [5.41, 5.74) is 4.11. The minimum Gasteiger partial charge on any atom is -0.454 e. The number of benzene rings is 2. The SMILES string of the molecule is C[Si](C)(C)c1c(-c2ccccc2)ncc2oc3ccccc3c12. The molecule has 0 aliphatic carbocycles. The second-order valence-electron chi connectivity index (χ2n) is 6.94. The molecule has 4 rings (SSSR count). The summed E-state index contributed by atoms with van der Waals surface area (Å²) < 4.78 is 6.04. The quantitative estimate of drug-likeness (QED) is 0.475. The lowest BCUT2D eigenvalue weighted by Gasteiger charge is -2.21. The Morgan fingerprint density at radius 1 is 0.826 bits per heavy atom. The number of nitrogens with zero attached hydrogens (tertiary/aromatic N) is 1. The molecule has 0 saturated carbocycles. The zero-order valence-corrected chi connectivity index (χ0v) is 14.6. The summed E-state index contributed by atoms with van der Waals surface area (Å²) in [5, 5.41) is 3.82. The number of hydrogen-bond donors (Lipinski definition) is 0. The van der Waals surface area contributed by atoms with Gasteiger partial charge in [-0.1, -0.05) is 68.2 Å². The van der Waals surface area contributed by atoms with Gasteiger partial charge in [0.25, 0.3) is 0 Å². The second kappa shape index (κ2) is 5.07. The van der Waals surface area contributed by atoms with Crippen molar-refractivity contribution in [3.63, 3.8) is 0 Å². The molecule has 3 heteroatoms. The van der Waals surface area contributed by atoms with Gasteiger partial charge in [-0.2, -0.15) is 0 Å². The Kier molecular flexibility index (Phi) is 3.13. The van der Waals surface area contributed by atoms with Crippen molar-refractivity contribution < 1.29 is 4.42 Å². The number of fused-ring (bicyclic) bond motifs is 3. The van der Waals surface area contributed by atoms with Crippen LogP contribution in [-0.4, -0.2) is 13.1 Å². The highest BCUT2D eigenvalue weighted by Gasteiger charge is 2.27. The van der Waals surface area contributed by atoms with Gasteiger partial charge in [-0.25, -0.2) is 0 Å². The smallest absolute Gasteiger partial charge is 0.153 e. The van der Waals surface area contributed by atoms with Crippen LogP contribution in [0.15, 0.2) is 65.2 Å². The summed E-state index contributed by atoms with van der Waals surface area (Å²) in [5.74, 6) is 0. The van der Waals surface area contributed by atoms with Crippen molar-refractivity contribution >= 4 is 35.2 Å². The van der Waals surface area contributed by atoms with Gasteiger partial charge in [-0.3, -0.25) is 4.98 Å². The summed E-state index contributed by atoms with van der Waals surface area (Å²) in [7, 11) is -1.63. The van der Waals surface area contributed by atoms with Crippen LogP contribution in [0.1, 0.15) is 0 Å². The number of para-hydroxylation sites is 1. The van der Waals surface area contributed by atoms with Crippen LogP contribution in [0, 0.1) is 0 Å². The highest BCUT2D eigenvalue weighted by atomic mass is 28.3. The largest absolute Gasteiger partial charge is 0.454 e. The first-order chi connectivity index (χ1) is 11.1. The summed E-state index contributed by atoms with van der Waals surface area (Å²) in [4.78, 5) is 4.78. The lowest BCUT2D eigenvalue weighted by Crippen LogP contribution is -2.40. The Bertz CT molecular complexity index is 997. The fourth-order valence-electron chi connectivity index (χ4n) is 3.26. The normalized spacial score (nSPS) is 12.1. The van der Waals surface area contributed by atoms with Crippen LogP contribution in [0.5, 0.6) is 0 Å². The number of rotatable bonds is 2. The monoisotopic (exact) mass is 317 g/mol. The molecule has 0 fully saturated rings. The maximum atomic E-state index is 6.04. The standard InChI is InChI=1S/C20H19NOSi/c1-23(2,3)20-18-15-11-7-8-12-16(15)22-17(18)13-21-19(20)14-9-5-4-6-10-14/h4-13H,1-3H3. The van der Waals surface area contributed by atoms with Gasteiger partial charge in [-0.15, -0.1) is 0 Å². The summed E-state index contributed by atoms with van der Waals surface area (Å²) in [6, 6.07) is 18.7. The Morgan fingerprint density at radius 2 is 1.52 bits per heavy atom. The molecule has 0 radical (unpaired) electrons. The van der Waals surface area contributed by atoms with Gasteiger partial charge >= 0.3 is 0 Å². The fourth-order valence-corrected chi connectivity index (χ4v) is 5.19. The molecule has 0 aliphatic rings. The first kappa shape index (κ1) is 14.2. The van der Waals surface area contributed by atoms with E-state index in [1.807, 2.05) is 24.4 Å². The van der Waals surface area contributed by atoms with Crippen molar-refractivity contribution in [1.82, 2.24) is 4.98 Å². The molecular weight excluding hydrogens is 298 g/mol. The zero-order chi connectivity index (χ0) is 16.0. The maximum Gasteiger partial charge on any atom is 0.153 e. The first-order valence-electron chi connectivity index (χ1n) is 7.92. The van der Waals surface area contributed by atoms with Crippen LogP contribution in [-0.2, 0) is 0 Å². The van der Waals surface area contributed by atoms with E-state index >= 15 is 0 Å². The van der Waals surface area contributed by atoms with Crippen molar-refractivity contribution in [3.8, 4) is 11.3 Å². The third kappa shape index (κ3) is 2.28. The van der Waals surface area contributed by atoms with Crippen LogP contribution in [0.3, 0.4) is 0 Å². The first-order valence-corrected chi connectivity index (χ1v) is 11.4. The predicted molar refractivity (Wildman–Crippen MR) is 99.9 cm³/mol. The Hall–Kier alpha value is -2.39. The van der Waals surface area contributed by atoms with Crippen LogP contribution in [0.25, 0.3) is 33.2 Å². The fraction of sp³-hybridized carbons (Fsp3) is 0.150.